The number of benzene rings is 1. The van der Waals surface area contributed by atoms with Crippen LogP contribution < -0.4 is 5.32 Å². The molecule has 19 heavy (non-hydrogen) atoms. The summed E-state index contributed by atoms with van der Waals surface area (Å²) < 4.78 is 6.39. The van der Waals surface area contributed by atoms with Gasteiger partial charge >= 0.3 is 0 Å². The maximum Gasteiger partial charge on any atom is 0.287 e. The number of hydrogen-bond donors (Lipinski definition) is 2. The standard InChI is InChI=1S/C14H16BrNO3/c1-2-10(6-7-17)16-14(18)12-8-9-4-3-5-11(15)13(9)19-12/h3-5,8,10,17H,2,6-7H2,1H3,(H,16,18). The Morgan fingerprint density at radius 3 is 2.95 bits per heavy atom. The summed E-state index contributed by atoms with van der Waals surface area (Å²) in [5, 5.41) is 12.7. The van der Waals surface area contributed by atoms with Gasteiger partial charge in [-0.2, -0.15) is 0 Å². The largest absolute Gasteiger partial charge is 0.450 e. The van der Waals surface area contributed by atoms with Gasteiger partial charge in [-0.3, -0.25) is 4.79 Å². The molecule has 1 amide bonds. The number of fused-ring (bicyclic) bond motifs is 1. The monoisotopic (exact) mass is 325 g/mol. The highest BCUT2D eigenvalue weighted by molar-refractivity contribution is 9.10. The molecule has 0 radical (unpaired) electrons. The molecule has 1 aromatic heterocycles. The van der Waals surface area contributed by atoms with Crippen molar-refractivity contribution in [2.45, 2.75) is 25.8 Å². The van der Waals surface area contributed by atoms with Crippen LogP contribution >= 0.6 is 15.9 Å². The van der Waals surface area contributed by atoms with Crippen molar-refractivity contribution in [1.29, 1.82) is 0 Å². The number of carbonyl (C=O) groups excluding carboxylic acids is 1. The Balaban J connectivity index is 2.19. The van der Waals surface area contributed by atoms with Gasteiger partial charge < -0.3 is 14.8 Å². The fourth-order valence-corrected chi connectivity index (χ4v) is 2.39. The fraction of sp³-hybridized carbons (Fsp3) is 0.357. The molecule has 102 valence electrons. The molecule has 0 saturated heterocycles. The first kappa shape index (κ1) is 14.1. The molecule has 2 N–H and O–H groups in total. The quantitative estimate of drug-likeness (QED) is 0.887. The van der Waals surface area contributed by atoms with E-state index in [0.717, 1.165) is 16.3 Å². The molecule has 0 aliphatic rings. The molecule has 2 aromatic rings. The molecule has 2 rings (SSSR count). The molecular formula is C14H16BrNO3. The van der Waals surface area contributed by atoms with Crippen LogP contribution in [0.5, 0.6) is 0 Å². The number of halogens is 1. The Labute approximate surface area is 119 Å². The topological polar surface area (TPSA) is 62.5 Å². The van der Waals surface area contributed by atoms with Gasteiger partial charge in [0.25, 0.3) is 5.91 Å². The Bertz CT molecular complexity index is 579. The summed E-state index contributed by atoms with van der Waals surface area (Å²) >= 11 is 3.39. The second-order valence-electron chi connectivity index (χ2n) is 4.36. The van der Waals surface area contributed by atoms with E-state index in [4.69, 9.17) is 9.52 Å². The summed E-state index contributed by atoms with van der Waals surface area (Å²) in [5.74, 6) is 0.0432. The maximum absolute atomic E-state index is 12.1. The molecule has 1 heterocycles. The predicted octanol–water partition coefficient (Wildman–Crippen LogP) is 3.09. The van der Waals surface area contributed by atoms with Gasteiger partial charge in [0.2, 0.25) is 0 Å². The molecule has 0 bridgehead atoms. The van der Waals surface area contributed by atoms with E-state index in [-0.39, 0.29) is 18.6 Å². The third kappa shape index (κ3) is 3.16. The minimum Gasteiger partial charge on any atom is -0.450 e. The molecule has 0 spiro atoms. The number of amides is 1. The number of para-hydroxylation sites is 1. The van der Waals surface area contributed by atoms with Crippen LogP contribution in [-0.2, 0) is 0 Å². The number of carbonyl (C=O) groups is 1. The Morgan fingerprint density at radius 2 is 2.32 bits per heavy atom. The van der Waals surface area contributed by atoms with Gasteiger partial charge in [0, 0.05) is 18.0 Å². The fourth-order valence-electron chi connectivity index (χ4n) is 1.93. The van der Waals surface area contributed by atoms with Gasteiger partial charge in [0.1, 0.15) is 5.58 Å². The smallest absolute Gasteiger partial charge is 0.287 e. The molecule has 0 saturated carbocycles. The zero-order valence-corrected chi connectivity index (χ0v) is 12.2. The molecule has 5 heteroatoms. The average Bonchev–Trinajstić information content (AvgIpc) is 2.83. The number of furan rings is 1. The first-order valence-corrected chi connectivity index (χ1v) is 7.04. The molecule has 1 unspecified atom stereocenters. The number of hydrogen-bond acceptors (Lipinski definition) is 3. The number of nitrogens with one attached hydrogen (secondary N) is 1. The molecule has 1 aromatic carbocycles. The van der Waals surface area contributed by atoms with Gasteiger partial charge in [0.15, 0.2) is 5.76 Å². The summed E-state index contributed by atoms with van der Waals surface area (Å²) in [7, 11) is 0. The molecule has 0 aliphatic heterocycles. The van der Waals surface area contributed by atoms with Crippen LogP contribution in [0.4, 0.5) is 0 Å². The minimum absolute atomic E-state index is 0.0332. The lowest BCUT2D eigenvalue weighted by Gasteiger charge is -2.14. The van der Waals surface area contributed by atoms with E-state index in [1.54, 1.807) is 6.07 Å². The summed E-state index contributed by atoms with van der Waals surface area (Å²) in [5.41, 5.74) is 0.669. The Kier molecular flexibility index (Phi) is 4.61. The van der Waals surface area contributed by atoms with Crippen LogP contribution in [0.25, 0.3) is 11.0 Å². The third-order valence-corrected chi connectivity index (χ3v) is 3.65. The second-order valence-corrected chi connectivity index (χ2v) is 5.21. The van der Waals surface area contributed by atoms with Crippen molar-refractivity contribution in [2.24, 2.45) is 0 Å². The second kappa shape index (κ2) is 6.21. The van der Waals surface area contributed by atoms with Gasteiger partial charge in [0.05, 0.1) is 4.47 Å². The number of aliphatic hydroxyl groups excluding tert-OH is 1. The maximum atomic E-state index is 12.1. The van der Waals surface area contributed by atoms with Crippen molar-refractivity contribution < 1.29 is 14.3 Å². The predicted molar refractivity (Wildman–Crippen MR) is 77.2 cm³/mol. The van der Waals surface area contributed by atoms with Gasteiger partial charge in [-0.05, 0) is 40.9 Å². The lowest BCUT2D eigenvalue weighted by Crippen LogP contribution is -2.34. The highest BCUT2D eigenvalue weighted by Gasteiger charge is 2.16. The van der Waals surface area contributed by atoms with Crippen molar-refractivity contribution >= 4 is 32.8 Å². The van der Waals surface area contributed by atoms with Crippen LogP contribution in [0.2, 0.25) is 0 Å². The highest BCUT2D eigenvalue weighted by atomic mass is 79.9. The van der Waals surface area contributed by atoms with Crippen LogP contribution in [0, 0.1) is 0 Å². The third-order valence-electron chi connectivity index (χ3n) is 3.03. The number of aliphatic hydroxyl groups is 1. The van der Waals surface area contributed by atoms with Gasteiger partial charge in [-0.1, -0.05) is 19.1 Å². The van der Waals surface area contributed by atoms with Gasteiger partial charge in [-0.15, -0.1) is 0 Å². The Morgan fingerprint density at radius 1 is 1.53 bits per heavy atom. The van der Waals surface area contributed by atoms with Crippen molar-refractivity contribution in [1.82, 2.24) is 5.32 Å². The van der Waals surface area contributed by atoms with E-state index in [1.165, 1.54) is 0 Å². The van der Waals surface area contributed by atoms with Crippen molar-refractivity contribution in [2.75, 3.05) is 6.61 Å². The number of rotatable bonds is 5. The summed E-state index contributed by atoms with van der Waals surface area (Å²) in [6.45, 7) is 2.03. The van der Waals surface area contributed by atoms with Crippen LogP contribution in [0.1, 0.15) is 30.3 Å². The van der Waals surface area contributed by atoms with Crippen LogP contribution in [0.15, 0.2) is 33.2 Å². The molecular weight excluding hydrogens is 310 g/mol. The lowest BCUT2D eigenvalue weighted by atomic mass is 10.1. The molecule has 1 atom stereocenters. The van der Waals surface area contributed by atoms with Crippen LogP contribution in [-0.4, -0.2) is 23.7 Å². The highest BCUT2D eigenvalue weighted by Crippen LogP contribution is 2.26. The van der Waals surface area contributed by atoms with E-state index in [1.807, 2.05) is 25.1 Å². The minimum atomic E-state index is -0.247. The normalized spacial score (nSPS) is 12.6. The summed E-state index contributed by atoms with van der Waals surface area (Å²) in [4.78, 5) is 12.1. The van der Waals surface area contributed by atoms with Crippen molar-refractivity contribution in [3.63, 3.8) is 0 Å². The van der Waals surface area contributed by atoms with E-state index < -0.39 is 0 Å². The Hall–Kier alpha value is -1.33. The zero-order chi connectivity index (χ0) is 13.8. The SMILES string of the molecule is CCC(CCO)NC(=O)c1cc2cccc(Br)c2o1. The summed E-state index contributed by atoms with van der Waals surface area (Å²) in [6.07, 6.45) is 1.32. The van der Waals surface area contributed by atoms with E-state index in [9.17, 15) is 4.79 Å². The average molecular weight is 326 g/mol. The molecule has 4 nitrogen and oxygen atoms in total. The zero-order valence-electron chi connectivity index (χ0n) is 10.6. The van der Waals surface area contributed by atoms with Crippen molar-refractivity contribution in [3.05, 3.63) is 34.5 Å². The molecule has 0 aliphatic carbocycles. The van der Waals surface area contributed by atoms with Gasteiger partial charge in [-0.25, -0.2) is 0 Å². The van der Waals surface area contributed by atoms with E-state index in [2.05, 4.69) is 21.2 Å². The first-order chi connectivity index (χ1) is 9.15. The first-order valence-electron chi connectivity index (χ1n) is 6.25. The van der Waals surface area contributed by atoms with Crippen LogP contribution in [0.3, 0.4) is 0 Å². The van der Waals surface area contributed by atoms with E-state index in [0.29, 0.717) is 17.8 Å². The van der Waals surface area contributed by atoms with E-state index >= 15 is 0 Å². The molecule has 0 fully saturated rings. The van der Waals surface area contributed by atoms with Crippen molar-refractivity contribution in [3.8, 4) is 0 Å². The summed E-state index contributed by atoms with van der Waals surface area (Å²) in [6, 6.07) is 7.35. The lowest BCUT2D eigenvalue weighted by molar-refractivity contribution is 0.0903.